The monoisotopic (exact) mass is 694 g/mol. The average molecular weight is 695 g/mol. The number of aromatic nitrogens is 6. The molecular weight excluding hydrogens is 653 g/mol. The zero-order chi connectivity index (χ0) is 36.2. The van der Waals surface area contributed by atoms with E-state index in [0.717, 1.165) is 12.8 Å². The fourth-order valence-corrected chi connectivity index (χ4v) is 7.08. The fraction of sp³-hybridized carbons (Fsp3) is 0.486. The van der Waals surface area contributed by atoms with Crippen molar-refractivity contribution >= 4 is 12.2 Å². The number of carbonyl (C=O) groups is 2. The summed E-state index contributed by atoms with van der Waals surface area (Å²) in [6.45, 7) is 11.7. The standard InChI is InChI=1S/C35H41F3N8O4/c1-32(2,3)34(14-8-16-46(34)30(47)48)29-43-25(26(44-29)35(36,37)38)20-10-12-21(13-11-20)27-39-17-22(18-40-27)23-19-41-28(42-23)24-9-7-15-45(24)31(49)50-33(4,5)6/h10-13,17-19,24H,7-9,14-16H2,1-6H3,(H,41,42)(H,43,44)(H,47,48)/t24-,34+/m0/s1. The number of hydrogen-bond acceptors (Lipinski definition) is 7. The van der Waals surface area contributed by atoms with Crippen molar-refractivity contribution < 1.29 is 32.6 Å². The third-order valence-corrected chi connectivity index (χ3v) is 9.40. The Balaban J connectivity index is 1.24. The Morgan fingerprint density at radius 2 is 1.56 bits per heavy atom. The second-order valence-electron chi connectivity index (χ2n) is 14.8. The predicted octanol–water partition coefficient (Wildman–Crippen LogP) is 8.03. The third kappa shape index (κ3) is 6.40. The van der Waals surface area contributed by atoms with E-state index in [1.54, 1.807) is 35.6 Å². The van der Waals surface area contributed by atoms with E-state index < -0.39 is 34.5 Å². The van der Waals surface area contributed by atoms with Crippen LogP contribution in [0.15, 0.2) is 42.9 Å². The number of rotatable bonds is 5. The topological polar surface area (TPSA) is 153 Å². The van der Waals surface area contributed by atoms with Crippen LogP contribution in [-0.4, -0.2) is 75.7 Å². The lowest BCUT2D eigenvalue weighted by Gasteiger charge is -2.45. The molecule has 2 fully saturated rings. The highest BCUT2D eigenvalue weighted by Gasteiger charge is 2.56. The number of carbonyl (C=O) groups excluding carboxylic acids is 1. The summed E-state index contributed by atoms with van der Waals surface area (Å²) >= 11 is 0. The molecule has 1 aromatic carbocycles. The second kappa shape index (κ2) is 12.4. The maximum absolute atomic E-state index is 14.4. The Morgan fingerprint density at radius 1 is 0.900 bits per heavy atom. The van der Waals surface area contributed by atoms with Crippen molar-refractivity contribution in [3.05, 3.63) is 60.2 Å². The van der Waals surface area contributed by atoms with Crippen LogP contribution in [0, 0.1) is 5.41 Å². The highest BCUT2D eigenvalue weighted by molar-refractivity contribution is 5.71. The van der Waals surface area contributed by atoms with E-state index in [2.05, 4.69) is 29.9 Å². The lowest BCUT2D eigenvalue weighted by molar-refractivity contribution is -0.140. The predicted molar refractivity (Wildman–Crippen MR) is 178 cm³/mol. The Morgan fingerprint density at radius 3 is 2.16 bits per heavy atom. The van der Waals surface area contributed by atoms with Crippen LogP contribution in [-0.2, 0) is 16.5 Å². The number of carboxylic acid groups (broad SMARTS) is 1. The van der Waals surface area contributed by atoms with Gasteiger partial charge in [-0.3, -0.25) is 9.80 Å². The number of benzene rings is 1. The number of aromatic amines is 2. The number of likely N-dealkylation sites (tertiary alicyclic amines) is 2. The molecule has 3 aromatic heterocycles. The van der Waals surface area contributed by atoms with Crippen LogP contribution in [0.3, 0.4) is 0 Å². The Kier molecular flexibility index (Phi) is 8.67. The summed E-state index contributed by atoms with van der Waals surface area (Å²) in [5.74, 6) is 0.975. The van der Waals surface area contributed by atoms with Crippen molar-refractivity contribution in [2.45, 2.75) is 90.6 Å². The van der Waals surface area contributed by atoms with E-state index >= 15 is 0 Å². The van der Waals surface area contributed by atoms with E-state index in [-0.39, 0.29) is 35.8 Å². The first kappa shape index (κ1) is 34.9. The molecule has 2 atom stereocenters. The van der Waals surface area contributed by atoms with Gasteiger partial charge in [0.05, 0.1) is 17.9 Å². The van der Waals surface area contributed by atoms with Crippen LogP contribution < -0.4 is 0 Å². The van der Waals surface area contributed by atoms with Crippen LogP contribution in [0.5, 0.6) is 0 Å². The van der Waals surface area contributed by atoms with Crippen LogP contribution in [0.4, 0.5) is 22.8 Å². The van der Waals surface area contributed by atoms with Crippen molar-refractivity contribution in [1.82, 2.24) is 39.7 Å². The normalized spacial score (nSPS) is 20.1. The molecule has 50 heavy (non-hydrogen) atoms. The second-order valence-corrected chi connectivity index (χ2v) is 14.8. The van der Waals surface area contributed by atoms with Crippen molar-refractivity contribution in [2.24, 2.45) is 5.41 Å². The van der Waals surface area contributed by atoms with Crippen LogP contribution in [0.2, 0.25) is 0 Å². The minimum Gasteiger partial charge on any atom is -0.465 e. The third-order valence-electron chi connectivity index (χ3n) is 9.40. The summed E-state index contributed by atoms with van der Waals surface area (Å²) in [5.41, 5.74) is -1.84. The molecule has 0 bridgehead atoms. The molecule has 5 heterocycles. The summed E-state index contributed by atoms with van der Waals surface area (Å²) in [6, 6.07) is 6.05. The summed E-state index contributed by atoms with van der Waals surface area (Å²) in [6.07, 6.45) is 0.980. The average Bonchev–Trinajstić information content (AvgIpc) is 3.84. The number of nitrogens with zero attached hydrogens (tertiary/aromatic N) is 6. The van der Waals surface area contributed by atoms with E-state index in [1.165, 1.54) is 17.0 Å². The first-order valence-electron chi connectivity index (χ1n) is 16.5. The lowest BCUT2D eigenvalue weighted by Crippen LogP contribution is -2.53. The molecule has 12 nitrogen and oxygen atoms in total. The van der Waals surface area contributed by atoms with Gasteiger partial charge in [-0.1, -0.05) is 45.0 Å². The number of hydrogen-bond donors (Lipinski definition) is 3. The zero-order valence-corrected chi connectivity index (χ0v) is 28.9. The highest BCUT2D eigenvalue weighted by atomic mass is 19.4. The Labute approximate surface area is 287 Å². The van der Waals surface area contributed by atoms with Gasteiger partial charge in [0, 0.05) is 42.2 Å². The van der Waals surface area contributed by atoms with Gasteiger partial charge in [-0.15, -0.1) is 0 Å². The van der Waals surface area contributed by atoms with Gasteiger partial charge in [0.1, 0.15) is 34.2 Å². The Hall–Kier alpha value is -4.95. The number of H-pyrrole nitrogens is 2. The van der Waals surface area contributed by atoms with Crippen molar-refractivity contribution in [2.75, 3.05) is 13.1 Å². The van der Waals surface area contributed by atoms with Crippen molar-refractivity contribution in [3.8, 4) is 33.9 Å². The molecule has 2 aliphatic rings. The molecule has 15 heteroatoms. The lowest BCUT2D eigenvalue weighted by atomic mass is 9.71. The minimum atomic E-state index is -4.76. The first-order chi connectivity index (χ1) is 23.4. The quantitative estimate of drug-likeness (QED) is 0.190. The maximum atomic E-state index is 14.4. The highest BCUT2D eigenvalue weighted by Crippen LogP contribution is 2.51. The van der Waals surface area contributed by atoms with E-state index in [1.807, 2.05) is 41.5 Å². The van der Waals surface area contributed by atoms with Crippen LogP contribution in [0.25, 0.3) is 33.9 Å². The molecule has 0 radical (unpaired) electrons. The van der Waals surface area contributed by atoms with Crippen molar-refractivity contribution in [3.63, 3.8) is 0 Å². The number of halogens is 3. The molecular formula is C35H41F3N8O4. The number of imidazole rings is 2. The van der Waals surface area contributed by atoms with Crippen LogP contribution in [0.1, 0.15) is 90.6 Å². The minimum absolute atomic E-state index is 0.0253. The number of nitrogens with one attached hydrogen (secondary N) is 2. The fourth-order valence-electron chi connectivity index (χ4n) is 7.08. The number of ether oxygens (including phenoxy) is 1. The number of amides is 2. The van der Waals surface area contributed by atoms with Crippen molar-refractivity contribution in [1.29, 1.82) is 0 Å². The van der Waals surface area contributed by atoms with Gasteiger partial charge in [-0.2, -0.15) is 13.2 Å². The summed E-state index contributed by atoms with van der Waals surface area (Å²) < 4.78 is 48.7. The number of alkyl halides is 3. The summed E-state index contributed by atoms with van der Waals surface area (Å²) in [4.78, 5) is 51.6. The zero-order valence-electron chi connectivity index (χ0n) is 28.9. The van der Waals surface area contributed by atoms with E-state index in [9.17, 15) is 27.9 Å². The van der Waals surface area contributed by atoms with Crippen LogP contribution >= 0.6 is 0 Å². The molecule has 2 amide bonds. The van der Waals surface area contributed by atoms with Gasteiger partial charge >= 0.3 is 18.4 Å². The first-order valence-corrected chi connectivity index (χ1v) is 16.5. The largest absolute Gasteiger partial charge is 0.465 e. The molecule has 0 spiro atoms. The Bertz CT molecular complexity index is 1870. The molecule has 6 rings (SSSR count). The van der Waals surface area contributed by atoms with Gasteiger partial charge in [0.2, 0.25) is 0 Å². The summed E-state index contributed by atoms with van der Waals surface area (Å²) in [5, 5.41) is 9.98. The van der Waals surface area contributed by atoms with E-state index in [0.29, 0.717) is 47.9 Å². The molecule has 3 N–H and O–H groups in total. The molecule has 0 saturated carbocycles. The molecule has 2 saturated heterocycles. The SMILES string of the molecule is CC(C)(C)OC(=O)N1CCC[C@H]1c1ncc(-c2cnc(-c3ccc(-c4nc([C@@]5(C(C)(C)C)CCCN5C(=O)O)[nH]c4C(F)(F)F)cc3)nc2)[nH]1. The van der Waals surface area contributed by atoms with Gasteiger partial charge in [-0.25, -0.2) is 29.5 Å². The summed E-state index contributed by atoms with van der Waals surface area (Å²) in [7, 11) is 0. The molecule has 0 aliphatic carbocycles. The van der Waals surface area contributed by atoms with Gasteiger partial charge in [0.25, 0.3) is 0 Å². The smallest absolute Gasteiger partial charge is 0.433 e. The van der Waals surface area contributed by atoms with Gasteiger partial charge in [0.15, 0.2) is 5.82 Å². The molecule has 266 valence electrons. The molecule has 4 aromatic rings. The van der Waals surface area contributed by atoms with Gasteiger partial charge in [-0.05, 0) is 51.9 Å². The molecule has 2 aliphatic heterocycles. The van der Waals surface area contributed by atoms with Gasteiger partial charge < -0.3 is 19.8 Å². The molecule has 0 unspecified atom stereocenters. The maximum Gasteiger partial charge on any atom is 0.433 e. The van der Waals surface area contributed by atoms with E-state index in [4.69, 9.17) is 4.74 Å².